The van der Waals surface area contributed by atoms with E-state index in [2.05, 4.69) is 0 Å². The summed E-state index contributed by atoms with van der Waals surface area (Å²) in [6.45, 7) is 0.345. The fourth-order valence-corrected chi connectivity index (χ4v) is 2.36. The lowest BCUT2D eigenvalue weighted by molar-refractivity contribution is 0.236. The highest BCUT2D eigenvalue weighted by atomic mass is 35.5. The van der Waals surface area contributed by atoms with Gasteiger partial charge in [-0.15, -0.1) is 0 Å². The van der Waals surface area contributed by atoms with E-state index >= 15 is 0 Å². The van der Waals surface area contributed by atoms with Gasteiger partial charge in [0.25, 0.3) is 0 Å². The van der Waals surface area contributed by atoms with Gasteiger partial charge in [0.2, 0.25) is 0 Å². The number of halogens is 2. The molecule has 0 unspecified atom stereocenters. The average molecular weight is 230 g/mol. The van der Waals surface area contributed by atoms with Crippen molar-refractivity contribution in [3.05, 3.63) is 28.5 Å². The molecule has 1 saturated carbocycles. The molecule has 0 amide bonds. The van der Waals surface area contributed by atoms with Crippen molar-refractivity contribution in [2.45, 2.75) is 24.7 Å². The van der Waals surface area contributed by atoms with Gasteiger partial charge in [-0.1, -0.05) is 18.0 Å². The molecule has 0 radical (unpaired) electrons. The van der Waals surface area contributed by atoms with Crippen LogP contribution in [0.15, 0.2) is 12.1 Å². The van der Waals surface area contributed by atoms with E-state index in [1.54, 1.807) is 0 Å². The molecule has 0 aromatic heterocycles. The number of rotatable bonds is 2. The first-order valence-electron chi connectivity index (χ1n) is 4.98. The molecule has 0 spiro atoms. The van der Waals surface area contributed by atoms with E-state index in [9.17, 15) is 9.50 Å². The van der Waals surface area contributed by atoms with Crippen LogP contribution in [0.2, 0.25) is 5.02 Å². The number of hydrogen-bond acceptors (Lipinski definition) is 2. The number of hydrogen-bond donors (Lipinski definition) is 2. The summed E-state index contributed by atoms with van der Waals surface area (Å²) in [5.41, 5.74) is 5.56. The van der Waals surface area contributed by atoms with Crippen molar-refractivity contribution in [3.8, 4) is 5.75 Å². The smallest absolute Gasteiger partial charge is 0.149 e. The van der Waals surface area contributed by atoms with Gasteiger partial charge in [0.1, 0.15) is 11.6 Å². The Morgan fingerprint density at radius 1 is 1.47 bits per heavy atom. The average Bonchev–Trinajstić information content (AvgIpc) is 2.16. The van der Waals surface area contributed by atoms with Gasteiger partial charge in [-0.3, -0.25) is 0 Å². The predicted molar refractivity (Wildman–Crippen MR) is 57.7 cm³/mol. The molecule has 4 heteroatoms. The maximum Gasteiger partial charge on any atom is 0.149 e. The van der Waals surface area contributed by atoms with Gasteiger partial charge >= 0.3 is 0 Å². The summed E-state index contributed by atoms with van der Waals surface area (Å²) < 4.78 is 13.8. The van der Waals surface area contributed by atoms with E-state index in [-0.39, 0.29) is 10.8 Å². The SMILES string of the molecule is NCC1(c2c(O)ccc(Cl)c2F)CCC1. The molecule has 0 aliphatic heterocycles. The van der Waals surface area contributed by atoms with Crippen molar-refractivity contribution in [1.29, 1.82) is 0 Å². The summed E-state index contributed by atoms with van der Waals surface area (Å²) in [6.07, 6.45) is 2.64. The Hall–Kier alpha value is -0.800. The molecule has 1 aliphatic carbocycles. The maximum absolute atomic E-state index is 13.8. The van der Waals surface area contributed by atoms with Crippen LogP contribution < -0.4 is 5.73 Å². The van der Waals surface area contributed by atoms with Crippen LogP contribution in [0, 0.1) is 5.82 Å². The summed E-state index contributed by atoms with van der Waals surface area (Å²) in [4.78, 5) is 0. The third-order valence-corrected chi connectivity index (χ3v) is 3.60. The third kappa shape index (κ3) is 1.50. The van der Waals surface area contributed by atoms with E-state index in [4.69, 9.17) is 17.3 Å². The van der Waals surface area contributed by atoms with Crippen LogP contribution in [0.1, 0.15) is 24.8 Å². The van der Waals surface area contributed by atoms with E-state index in [1.165, 1.54) is 12.1 Å². The quantitative estimate of drug-likeness (QED) is 0.819. The normalized spacial score (nSPS) is 18.6. The first-order valence-corrected chi connectivity index (χ1v) is 5.36. The lowest BCUT2D eigenvalue weighted by Crippen LogP contribution is -2.42. The summed E-state index contributed by atoms with van der Waals surface area (Å²) in [5.74, 6) is -0.566. The van der Waals surface area contributed by atoms with Crippen molar-refractivity contribution in [1.82, 2.24) is 0 Å². The molecule has 3 N–H and O–H groups in total. The van der Waals surface area contributed by atoms with Gasteiger partial charge < -0.3 is 10.8 Å². The molecule has 1 aromatic rings. The first-order chi connectivity index (χ1) is 7.10. The number of benzene rings is 1. The zero-order valence-corrected chi connectivity index (χ0v) is 9.02. The molecule has 2 rings (SSSR count). The number of aromatic hydroxyl groups is 1. The highest BCUT2D eigenvalue weighted by molar-refractivity contribution is 6.30. The first kappa shape index (κ1) is 10.7. The van der Waals surface area contributed by atoms with Gasteiger partial charge in [-0.25, -0.2) is 4.39 Å². The Balaban J connectivity index is 2.55. The Morgan fingerprint density at radius 3 is 2.60 bits per heavy atom. The largest absolute Gasteiger partial charge is 0.508 e. The van der Waals surface area contributed by atoms with Crippen molar-refractivity contribution < 1.29 is 9.50 Å². The molecule has 1 aromatic carbocycles. The molecule has 15 heavy (non-hydrogen) atoms. The van der Waals surface area contributed by atoms with Gasteiger partial charge in [0.15, 0.2) is 0 Å². The van der Waals surface area contributed by atoms with Crippen LogP contribution in [0.3, 0.4) is 0 Å². The Kier molecular flexibility index (Phi) is 2.61. The van der Waals surface area contributed by atoms with Crippen LogP contribution >= 0.6 is 11.6 Å². The second-order valence-electron chi connectivity index (χ2n) is 4.09. The molecule has 1 aliphatic rings. The Bertz CT molecular complexity index is 385. The van der Waals surface area contributed by atoms with Gasteiger partial charge in [-0.05, 0) is 25.0 Å². The fraction of sp³-hybridized carbons (Fsp3) is 0.455. The van der Waals surface area contributed by atoms with Crippen LogP contribution in [0.25, 0.3) is 0 Å². The maximum atomic E-state index is 13.8. The number of phenols is 1. The van der Waals surface area contributed by atoms with Crippen molar-refractivity contribution >= 4 is 11.6 Å². The van der Waals surface area contributed by atoms with Crippen LogP contribution in [0.4, 0.5) is 4.39 Å². The molecular weight excluding hydrogens is 217 g/mol. The van der Waals surface area contributed by atoms with Crippen LogP contribution in [0.5, 0.6) is 5.75 Å². The van der Waals surface area contributed by atoms with Gasteiger partial charge in [0.05, 0.1) is 5.02 Å². The van der Waals surface area contributed by atoms with Crippen molar-refractivity contribution in [2.75, 3.05) is 6.54 Å². The second-order valence-corrected chi connectivity index (χ2v) is 4.50. The number of phenolic OH excluding ortho intramolecular Hbond substituents is 1. The summed E-state index contributed by atoms with van der Waals surface area (Å²) in [6, 6.07) is 2.79. The van der Waals surface area contributed by atoms with Crippen molar-refractivity contribution in [3.63, 3.8) is 0 Å². The van der Waals surface area contributed by atoms with Crippen molar-refractivity contribution in [2.24, 2.45) is 5.73 Å². The molecule has 0 bridgehead atoms. The molecular formula is C11H13ClFNO. The van der Waals surface area contributed by atoms with E-state index < -0.39 is 11.2 Å². The van der Waals surface area contributed by atoms with E-state index in [0.29, 0.717) is 12.1 Å². The summed E-state index contributed by atoms with van der Waals surface area (Å²) >= 11 is 5.70. The molecule has 82 valence electrons. The minimum Gasteiger partial charge on any atom is -0.508 e. The van der Waals surface area contributed by atoms with Crippen LogP contribution in [-0.4, -0.2) is 11.7 Å². The lowest BCUT2D eigenvalue weighted by Gasteiger charge is -2.41. The van der Waals surface area contributed by atoms with Gasteiger partial charge in [0, 0.05) is 17.5 Å². The number of nitrogens with two attached hydrogens (primary N) is 1. The monoisotopic (exact) mass is 229 g/mol. The topological polar surface area (TPSA) is 46.2 Å². The molecule has 0 saturated heterocycles. The Labute approximate surface area is 92.9 Å². The second kappa shape index (κ2) is 3.65. The lowest BCUT2D eigenvalue weighted by atomic mass is 9.64. The van der Waals surface area contributed by atoms with Gasteiger partial charge in [-0.2, -0.15) is 0 Å². The third-order valence-electron chi connectivity index (χ3n) is 3.30. The highest BCUT2D eigenvalue weighted by Crippen LogP contribution is 2.48. The molecule has 1 fully saturated rings. The highest BCUT2D eigenvalue weighted by Gasteiger charge is 2.41. The summed E-state index contributed by atoms with van der Waals surface area (Å²) in [7, 11) is 0. The minimum atomic E-state index is -0.526. The van der Waals surface area contributed by atoms with Crippen LogP contribution in [-0.2, 0) is 5.41 Å². The zero-order chi connectivity index (χ0) is 11.1. The van der Waals surface area contributed by atoms with E-state index in [1.807, 2.05) is 0 Å². The molecule has 0 atom stereocenters. The molecule has 0 heterocycles. The zero-order valence-electron chi connectivity index (χ0n) is 8.26. The van der Waals surface area contributed by atoms with E-state index in [0.717, 1.165) is 19.3 Å². The minimum absolute atomic E-state index is 0.0398. The standard InChI is InChI=1S/C11H13ClFNO/c12-7-2-3-8(15)9(10(7)13)11(6-14)4-1-5-11/h2-3,15H,1,4-6,14H2. The Morgan fingerprint density at radius 2 is 2.13 bits per heavy atom. The molecule has 2 nitrogen and oxygen atoms in total. The summed E-state index contributed by atoms with van der Waals surface area (Å²) in [5, 5.41) is 9.74. The predicted octanol–water partition coefficient (Wildman–Crippen LogP) is 2.57. The fourth-order valence-electron chi connectivity index (χ4n) is 2.20.